The van der Waals surface area contributed by atoms with Gasteiger partial charge in [-0.1, -0.05) is 65.0 Å². The number of primary sulfonamides is 1. The predicted octanol–water partition coefficient (Wildman–Crippen LogP) is 9.11. The van der Waals surface area contributed by atoms with Gasteiger partial charge in [-0.3, -0.25) is 4.79 Å². The molecule has 4 fully saturated rings. The van der Waals surface area contributed by atoms with Gasteiger partial charge in [0, 0.05) is 12.1 Å². The molecule has 2 aromatic carbocycles. The van der Waals surface area contributed by atoms with Crippen LogP contribution in [0.3, 0.4) is 0 Å². The maximum Gasteiger partial charge on any atom is 0.335 e. The molecule has 7 rings (SSSR count). The van der Waals surface area contributed by atoms with Crippen LogP contribution in [-0.4, -0.2) is 31.9 Å². The number of hydrogen-bond donors (Lipinski definition) is 3. The van der Waals surface area contributed by atoms with Gasteiger partial charge in [-0.05, 0) is 169 Å². The van der Waals surface area contributed by atoms with Crippen LogP contribution >= 0.6 is 0 Å². The first-order valence-electron chi connectivity index (χ1n) is 19.4. The van der Waals surface area contributed by atoms with Crippen molar-refractivity contribution in [3.63, 3.8) is 0 Å². The smallest absolute Gasteiger partial charge is 0.335 e. The van der Waals surface area contributed by atoms with E-state index in [1.807, 2.05) is 12.1 Å². The highest BCUT2D eigenvalue weighted by Gasteiger charge is 2.70. The van der Waals surface area contributed by atoms with E-state index in [9.17, 15) is 23.1 Å². The summed E-state index contributed by atoms with van der Waals surface area (Å²) in [6, 6.07) is 13.4. The Morgan fingerprint density at radius 2 is 1.50 bits per heavy atom. The highest BCUT2D eigenvalue weighted by Crippen LogP contribution is 2.77. The van der Waals surface area contributed by atoms with Gasteiger partial charge in [0.2, 0.25) is 10.0 Å². The number of allylic oxidation sites excluding steroid dienone is 3. The molecule has 9 atom stereocenters. The summed E-state index contributed by atoms with van der Waals surface area (Å²) < 4.78 is 23.5. The van der Waals surface area contributed by atoms with Crippen LogP contribution in [0.5, 0.6) is 0 Å². The number of amides is 1. The molecule has 7 nitrogen and oxygen atoms in total. The van der Waals surface area contributed by atoms with Crippen LogP contribution in [0.15, 0.2) is 71.7 Å². The average molecular weight is 727 g/mol. The minimum absolute atomic E-state index is 0.00175. The van der Waals surface area contributed by atoms with Crippen LogP contribution in [0, 0.1) is 56.7 Å². The normalized spacial score (nSPS) is 37.8. The number of carbonyl (C=O) groups is 2. The zero-order chi connectivity index (χ0) is 37.6. The van der Waals surface area contributed by atoms with Gasteiger partial charge in [-0.15, -0.1) is 0 Å². The van der Waals surface area contributed by atoms with Gasteiger partial charge in [0.15, 0.2) is 0 Å². The number of nitrogens with one attached hydrogen (secondary N) is 1. The lowest BCUT2D eigenvalue weighted by Gasteiger charge is -2.72. The van der Waals surface area contributed by atoms with Crippen molar-refractivity contribution in [3.05, 3.63) is 83.4 Å². The molecule has 0 heterocycles. The predicted molar refractivity (Wildman–Crippen MR) is 206 cm³/mol. The Labute approximate surface area is 311 Å². The number of nitrogens with two attached hydrogens (primary N) is 1. The number of carboxylic acids is 1. The summed E-state index contributed by atoms with van der Waals surface area (Å²) in [5.74, 6) is 1.52. The van der Waals surface area contributed by atoms with E-state index in [1.54, 1.807) is 24.3 Å². The van der Waals surface area contributed by atoms with Gasteiger partial charge in [0.05, 0.1) is 10.5 Å². The molecule has 0 radical (unpaired) electrons. The fraction of sp³-hybridized carbons (Fsp3) is 0.591. The van der Waals surface area contributed by atoms with E-state index in [1.165, 1.54) is 49.0 Å². The summed E-state index contributed by atoms with van der Waals surface area (Å²) in [5.41, 5.74) is 5.04. The van der Waals surface area contributed by atoms with Crippen molar-refractivity contribution in [2.24, 2.45) is 61.8 Å². The molecule has 0 saturated heterocycles. The summed E-state index contributed by atoms with van der Waals surface area (Å²) >= 11 is 0. The van der Waals surface area contributed by atoms with Crippen molar-refractivity contribution < 1.29 is 23.1 Å². The van der Waals surface area contributed by atoms with Crippen molar-refractivity contribution in [2.75, 3.05) is 6.54 Å². The molecular formula is C44H58N2O5S. The van der Waals surface area contributed by atoms with Gasteiger partial charge >= 0.3 is 5.97 Å². The van der Waals surface area contributed by atoms with Gasteiger partial charge < -0.3 is 10.4 Å². The molecule has 0 aromatic heterocycles. The van der Waals surface area contributed by atoms with Crippen LogP contribution in [0.2, 0.25) is 0 Å². The number of hydrogen-bond acceptors (Lipinski definition) is 4. The monoisotopic (exact) mass is 726 g/mol. The number of aromatic carboxylic acids is 1. The third-order valence-electron chi connectivity index (χ3n) is 16.3. The SMILES string of the molecule is C=C(C)C1CCC2(CNC(=O)c3ccc(S(N)(=O)=O)cc3)CCC3(C)C(CCC4C5(C)CC=C(c6ccc(C(=O)O)cc6)C(C)(C)C5CCC43C)C12. The van der Waals surface area contributed by atoms with Crippen LogP contribution in [0.25, 0.3) is 5.57 Å². The number of carbonyl (C=O) groups excluding carboxylic acids is 1. The maximum absolute atomic E-state index is 13.5. The number of benzene rings is 2. The molecule has 4 N–H and O–H groups in total. The Morgan fingerprint density at radius 1 is 0.846 bits per heavy atom. The molecule has 9 unspecified atom stereocenters. The number of sulfonamides is 1. The fourth-order valence-electron chi connectivity index (χ4n) is 13.6. The number of carboxylic acid groups (broad SMARTS) is 1. The Bertz CT molecular complexity index is 1930. The van der Waals surface area contributed by atoms with Crippen molar-refractivity contribution in [3.8, 4) is 0 Å². The van der Waals surface area contributed by atoms with Gasteiger partial charge in [0.25, 0.3) is 5.91 Å². The molecule has 2 aromatic rings. The molecule has 4 saturated carbocycles. The molecule has 5 aliphatic rings. The molecule has 52 heavy (non-hydrogen) atoms. The minimum atomic E-state index is -3.83. The first-order chi connectivity index (χ1) is 24.3. The lowest BCUT2D eigenvalue weighted by molar-refractivity contribution is -0.224. The molecule has 280 valence electrons. The number of fused-ring (bicyclic) bond motifs is 7. The van der Waals surface area contributed by atoms with Crippen LogP contribution in [-0.2, 0) is 10.0 Å². The highest BCUT2D eigenvalue weighted by atomic mass is 32.2. The van der Waals surface area contributed by atoms with Crippen molar-refractivity contribution in [1.82, 2.24) is 5.32 Å². The summed E-state index contributed by atoms with van der Waals surface area (Å²) in [5, 5.41) is 18.1. The largest absolute Gasteiger partial charge is 0.478 e. The Balaban J connectivity index is 1.16. The van der Waals surface area contributed by atoms with Gasteiger partial charge in [0.1, 0.15) is 0 Å². The summed E-state index contributed by atoms with van der Waals surface area (Å²) in [6.45, 7) is 20.1. The average Bonchev–Trinajstić information content (AvgIpc) is 3.47. The topological polar surface area (TPSA) is 127 Å². The van der Waals surface area contributed by atoms with Crippen molar-refractivity contribution in [2.45, 2.75) is 104 Å². The molecule has 1 amide bonds. The first kappa shape index (κ1) is 37.1. The van der Waals surface area contributed by atoms with Crippen LogP contribution in [0.1, 0.15) is 126 Å². The van der Waals surface area contributed by atoms with E-state index in [4.69, 9.17) is 5.14 Å². The second-order valence-corrected chi connectivity index (χ2v) is 20.3. The van der Waals surface area contributed by atoms with E-state index in [0.29, 0.717) is 47.3 Å². The third kappa shape index (κ3) is 5.48. The van der Waals surface area contributed by atoms with E-state index < -0.39 is 16.0 Å². The molecule has 0 bridgehead atoms. The van der Waals surface area contributed by atoms with E-state index in [-0.39, 0.29) is 37.9 Å². The highest BCUT2D eigenvalue weighted by molar-refractivity contribution is 7.89. The molecular weight excluding hydrogens is 669 g/mol. The summed E-state index contributed by atoms with van der Waals surface area (Å²) in [6.07, 6.45) is 12.8. The second kappa shape index (κ2) is 12.4. The lowest BCUT2D eigenvalue weighted by atomic mass is 9.32. The Morgan fingerprint density at radius 3 is 2.12 bits per heavy atom. The maximum atomic E-state index is 13.5. The first-order valence-corrected chi connectivity index (χ1v) is 20.9. The van der Waals surface area contributed by atoms with Crippen molar-refractivity contribution >= 4 is 27.5 Å². The fourth-order valence-corrected chi connectivity index (χ4v) is 14.2. The van der Waals surface area contributed by atoms with E-state index in [0.717, 1.165) is 37.7 Å². The summed E-state index contributed by atoms with van der Waals surface area (Å²) in [4.78, 5) is 25.0. The quantitative estimate of drug-likeness (QED) is 0.246. The third-order valence-corrected chi connectivity index (χ3v) is 17.2. The minimum Gasteiger partial charge on any atom is -0.478 e. The standard InChI is InChI=1S/C44H58N2O5S/c1-27(2)32-18-23-44(26-46-38(47)29-12-14-31(15-13-29)52(45,50)51)25-24-42(6)34(37(32)44)16-17-36-41(5)21-19-33(28-8-10-30(11-9-28)39(48)49)40(3,4)35(41)20-22-43(36,42)7/h8-15,19,32,34-37H,1,16-18,20-26H2,2-7H3,(H,46,47)(H,48,49)(H2,45,50,51). The summed E-state index contributed by atoms with van der Waals surface area (Å²) in [7, 11) is -3.83. The molecule has 0 aliphatic heterocycles. The van der Waals surface area contributed by atoms with E-state index >= 15 is 0 Å². The second-order valence-electron chi connectivity index (χ2n) is 18.7. The van der Waals surface area contributed by atoms with Gasteiger partial charge in [-0.25, -0.2) is 18.4 Å². The Kier molecular flexibility index (Phi) is 8.85. The van der Waals surface area contributed by atoms with Gasteiger partial charge in [-0.2, -0.15) is 0 Å². The van der Waals surface area contributed by atoms with E-state index in [2.05, 4.69) is 59.5 Å². The molecule has 8 heteroatoms. The zero-order valence-corrected chi connectivity index (χ0v) is 32.7. The Hall–Kier alpha value is -3.23. The molecule has 5 aliphatic carbocycles. The zero-order valence-electron chi connectivity index (χ0n) is 31.9. The molecule has 0 spiro atoms. The van der Waals surface area contributed by atoms with Crippen molar-refractivity contribution in [1.29, 1.82) is 0 Å². The van der Waals surface area contributed by atoms with Crippen LogP contribution < -0.4 is 10.5 Å². The number of rotatable bonds is 7. The van der Waals surface area contributed by atoms with Crippen LogP contribution in [0.4, 0.5) is 0 Å². The lowest BCUT2D eigenvalue weighted by Crippen LogP contribution is -2.66.